The van der Waals surface area contributed by atoms with Crippen LogP contribution in [0.5, 0.6) is 17.2 Å². The maximum absolute atomic E-state index is 5.40. The van der Waals surface area contributed by atoms with Gasteiger partial charge < -0.3 is 19.5 Å². The third-order valence-corrected chi connectivity index (χ3v) is 3.53. The average molecular weight is 265 g/mol. The molecule has 1 N–H and O–H groups in total. The lowest BCUT2D eigenvalue weighted by molar-refractivity contribution is 0.347. The average Bonchev–Trinajstić information content (AvgIpc) is 3.26. The summed E-state index contributed by atoms with van der Waals surface area (Å²) in [5.74, 6) is 3.22. The number of methoxy groups -OCH3 is 3. The third kappa shape index (κ3) is 3.77. The topological polar surface area (TPSA) is 39.7 Å². The molecule has 1 saturated carbocycles. The first-order valence-corrected chi connectivity index (χ1v) is 6.78. The summed E-state index contributed by atoms with van der Waals surface area (Å²) in [5, 5.41) is 3.46. The molecule has 0 heterocycles. The van der Waals surface area contributed by atoms with Crippen molar-refractivity contribution in [2.75, 3.05) is 27.9 Å². The zero-order valence-corrected chi connectivity index (χ0v) is 12.0. The Morgan fingerprint density at radius 2 is 1.63 bits per heavy atom. The predicted molar refractivity (Wildman–Crippen MR) is 75.1 cm³/mol. The van der Waals surface area contributed by atoms with Gasteiger partial charge in [0.25, 0.3) is 0 Å². The molecule has 0 amide bonds. The minimum atomic E-state index is 0.695. The Labute approximate surface area is 115 Å². The minimum absolute atomic E-state index is 0.695. The Morgan fingerprint density at radius 3 is 2.21 bits per heavy atom. The summed E-state index contributed by atoms with van der Waals surface area (Å²) in [4.78, 5) is 0. The van der Waals surface area contributed by atoms with E-state index in [0.29, 0.717) is 5.75 Å². The van der Waals surface area contributed by atoms with Crippen molar-refractivity contribution < 1.29 is 14.2 Å². The summed E-state index contributed by atoms with van der Waals surface area (Å²) in [6.45, 7) is 1.85. The van der Waals surface area contributed by atoms with Crippen LogP contribution >= 0.6 is 0 Å². The van der Waals surface area contributed by atoms with E-state index in [1.165, 1.54) is 19.3 Å². The highest BCUT2D eigenvalue weighted by Gasteiger charge is 2.20. The number of rotatable bonds is 8. The lowest BCUT2D eigenvalue weighted by atomic mass is 10.1. The number of hydrogen-bond donors (Lipinski definition) is 1. The first-order valence-electron chi connectivity index (χ1n) is 6.78. The Kier molecular flexibility index (Phi) is 4.91. The van der Waals surface area contributed by atoms with Crippen molar-refractivity contribution in [1.29, 1.82) is 0 Å². The van der Waals surface area contributed by atoms with Gasteiger partial charge in [0.05, 0.1) is 21.3 Å². The van der Waals surface area contributed by atoms with E-state index in [9.17, 15) is 0 Å². The highest BCUT2D eigenvalue weighted by molar-refractivity contribution is 5.50. The summed E-state index contributed by atoms with van der Waals surface area (Å²) in [5.41, 5.74) is 1.09. The van der Waals surface area contributed by atoms with E-state index in [0.717, 1.165) is 36.1 Å². The number of ether oxygens (including phenoxy) is 3. The molecule has 0 bridgehead atoms. The highest BCUT2D eigenvalue weighted by Crippen LogP contribution is 2.35. The van der Waals surface area contributed by atoms with E-state index in [4.69, 9.17) is 14.2 Å². The SMILES string of the molecule is COc1cc(OC)c(OC)cc1CNCCC1CC1. The quantitative estimate of drug-likeness (QED) is 0.733. The Morgan fingerprint density at radius 1 is 1.00 bits per heavy atom. The van der Waals surface area contributed by atoms with Crippen LogP contribution in [-0.4, -0.2) is 27.9 Å². The smallest absolute Gasteiger partial charge is 0.164 e. The fourth-order valence-corrected chi connectivity index (χ4v) is 2.17. The molecular weight excluding hydrogens is 242 g/mol. The van der Waals surface area contributed by atoms with Gasteiger partial charge in [0.15, 0.2) is 11.5 Å². The van der Waals surface area contributed by atoms with E-state index >= 15 is 0 Å². The molecule has 1 aromatic rings. The van der Waals surface area contributed by atoms with Gasteiger partial charge in [-0.25, -0.2) is 0 Å². The van der Waals surface area contributed by atoms with Gasteiger partial charge in [0, 0.05) is 18.2 Å². The molecule has 1 aliphatic rings. The van der Waals surface area contributed by atoms with Gasteiger partial charge in [-0.3, -0.25) is 0 Å². The van der Waals surface area contributed by atoms with Gasteiger partial charge in [-0.15, -0.1) is 0 Å². The summed E-state index contributed by atoms with van der Waals surface area (Å²) < 4.78 is 16.0. The molecular formula is C15H23NO3. The first-order chi connectivity index (χ1) is 9.28. The minimum Gasteiger partial charge on any atom is -0.496 e. The van der Waals surface area contributed by atoms with Gasteiger partial charge in [-0.1, -0.05) is 12.8 Å². The Bertz CT molecular complexity index is 416. The third-order valence-electron chi connectivity index (χ3n) is 3.53. The van der Waals surface area contributed by atoms with Crippen LogP contribution in [0.3, 0.4) is 0 Å². The lowest BCUT2D eigenvalue weighted by Crippen LogP contribution is -2.16. The van der Waals surface area contributed by atoms with Crippen molar-refractivity contribution in [3.63, 3.8) is 0 Å². The van der Waals surface area contributed by atoms with E-state index in [-0.39, 0.29) is 0 Å². The van der Waals surface area contributed by atoms with Gasteiger partial charge in [-0.2, -0.15) is 0 Å². The van der Waals surface area contributed by atoms with E-state index < -0.39 is 0 Å². The van der Waals surface area contributed by atoms with Crippen molar-refractivity contribution in [3.05, 3.63) is 17.7 Å². The predicted octanol–water partition coefficient (Wildman–Crippen LogP) is 2.60. The van der Waals surface area contributed by atoms with Crippen LogP contribution in [0.25, 0.3) is 0 Å². The van der Waals surface area contributed by atoms with Gasteiger partial charge in [0.1, 0.15) is 5.75 Å². The van der Waals surface area contributed by atoms with E-state index in [1.54, 1.807) is 21.3 Å². The fourth-order valence-electron chi connectivity index (χ4n) is 2.17. The molecule has 0 aromatic heterocycles. The molecule has 0 aliphatic heterocycles. The van der Waals surface area contributed by atoms with Crippen LogP contribution in [0, 0.1) is 5.92 Å². The molecule has 2 rings (SSSR count). The molecule has 1 fully saturated rings. The summed E-state index contributed by atoms with van der Waals surface area (Å²) in [7, 11) is 4.95. The van der Waals surface area contributed by atoms with Crippen molar-refractivity contribution in [2.45, 2.75) is 25.8 Å². The zero-order chi connectivity index (χ0) is 13.7. The van der Waals surface area contributed by atoms with Crippen molar-refractivity contribution >= 4 is 0 Å². The van der Waals surface area contributed by atoms with Crippen LogP contribution in [0.15, 0.2) is 12.1 Å². The number of benzene rings is 1. The fraction of sp³-hybridized carbons (Fsp3) is 0.600. The zero-order valence-electron chi connectivity index (χ0n) is 12.0. The van der Waals surface area contributed by atoms with Crippen molar-refractivity contribution in [2.24, 2.45) is 5.92 Å². The molecule has 4 nitrogen and oxygen atoms in total. The summed E-state index contributed by atoms with van der Waals surface area (Å²) in [6.07, 6.45) is 4.08. The molecule has 4 heteroatoms. The molecule has 0 spiro atoms. The van der Waals surface area contributed by atoms with Crippen LogP contribution in [-0.2, 0) is 6.54 Å². The second kappa shape index (κ2) is 6.66. The molecule has 1 aromatic carbocycles. The lowest BCUT2D eigenvalue weighted by Gasteiger charge is -2.14. The summed E-state index contributed by atoms with van der Waals surface area (Å²) >= 11 is 0. The standard InChI is InChI=1S/C15H23NO3/c1-17-13-9-15(19-3)14(18-2)8-12(13)10-16-7-6-11-4-5-11/h8-9,11,16H,4-7,10H2,1-3H3. The number of nitrogens with one attached hydrogen (secondary N) is 1. The molecule has 0 unspecified atom stereocenters. The van der Waals surface area contributed by atoms with E-state index in [1.807, 2.05) is 12.1 Å². The molecule has 0 atom stereocenters. The normalized spacial score (nSPS) is 14.3. The second-order valence-electron chi connectivity index (χ2n) is 4.93. The largest absolute Gasteiger partial charge is 0.496 e. The van der Waals surface area contributed by atoms with Crippen molar-refractivity contribution in [3.8, 4) is 17.2 Å². The van der Waals surface area contributed by atoms with Crippen LogP contribution in [0.2, 0.25) is 0 Å². The molecule has 1 aliphatic carbocycles. The maximum atomic E-state index is 5.40. The Hall–Kier alpha value is -1.42. The van der Waals surface area contributed by atoms with Crippen molar-refractivity contribution in [1.82, 2.24) is 5.32 Å². The van der Waals surface area contributed by atoms with Crippen LogP contribution in [0.4, 0.5) is 0 Å². The molecule has 19 heavy (non-hydrogen) atoms. The van der Waals surface area contributed by atoms with Crippen LogP contribution < -0.4 is 19.5 Å². The van der Waals surface area contributed by atoms with E-state index in [2.05, 4.69) is 5.32 Å². The van der Waals surface area contributed by atoms with Gasteiger partial charge >= 0.3 is 0 Å². The molecule has 0 radical (unpaired) electrons. The molecule has 0 saturated heterocycles. The second-order valence-corrected chi connectivity index (χ2v) is 4.93. The van der Waals surface area contributed by atoms with Gasteiger partial charge in [-0.05, 0) is 24.9 Å². The summed E-state index contributed by atoms with van der Waals surface area (Å²) in [6, 6.07) is 3.85. The Balaban J connectivity index is 1.99. The molecule has 106 valence electrons. The maximum Gasteiger partial charge on any atom is 0.164 e. The highest BCUT2D eigenvalue weighted by atomic mass is 16.5. The van der Waals surface area contributed by atoms with Gasteiger partial charge in [0.2, 0.25) is 0 Å². The number of hydrogen-bond acceptors (Lipinski definition) is 4. The monoisotopic (exact) mass is 265 g/mol. The first kappa shape index (κ1) is 14.0. The van der Waals surface area contributed by atoms with Crippen LogP contribution in [0.1, 0.15) is 24.8 Å².